The predicted octanol–water partition coefficient (Wildman–Crippen LogP) is 4.08. The van der Waals surface area contributed by atoms with Gasteiger partial charge < -0.3 is 23.5 Å². The number of esters is 1. The molecule has 5 aromatic rings. The molecule has 2 atom stereocenters. The van der Waals surface area contributed by atoms with Crippen LogP contribution < -0.4 is 11.0 Å². The molecule has 0 spiro atoms. The largest absolute Gasteiger partial charge is 0.537 e. The van der Waals surface area contributed by atoms with Crippen LogP contribution in [0.4, 0.5) is 0 Å². The lowest BCUT2D eigenvalue weighted by molar-refractivity contribution is -0.162. The highest BCUT2D eigenvalue weighted by Crippen LogP contribution is 2.37. The van der Waals surface area contributed by atoms with Crippen molar-refractivity contribution >= 4 is 48.5 Å². The summed E-state index contributed by atoms with van der Waals surface area (Å²) in [7, 11) is 0.135. The van der Waals surface area contributed by atoms with Crippen LogP contribution in [0.1, 0.15) is 54.2 Å². The van der Waals surface area contributed by atoms with Crippen LogP contribution in [0.2, 0.25) is 0 Å². The number of hydrogen-bond donors (Lipinski definition) is 0. The van der Waals surface area contributed by atoms with Crippen molar-refractivity contribution in [2.24, 2.45) is 5.16 Å². The van der Waals surface area contributed by atoms with Crippen LogP contribution in [0.5, 0.6) is 0 Å². The molecule has 0 fully saturated rings. The smallest absolute Gasteiger partial charge is 0.377 e. The molecular formula is C37H30BN3O8. The van der Waals surface area contributed by atoms with E-state index in [-0.39, 0.29) is 38.2 Å². The third-order valence-corrected chi connectivity index (χ3v) is 8.84. The van der Waals surface area contributed by atoms with Gasteiger partial charge >= 0.3 is 13.5 Å². The lowest BCUT2D eigenvalue weighted by atomic mass is 9.87. The fourth-order valence-corrected chi connectivity index (χ4v) is 6.48. The van der Waals surface area contributed by atoms with E-state index >= 15 is 0 Å². The van der Waals surface area contributed by atoms with Crippen LogP contribution in [0.25, 0.3) is 33.4 Å². The number of carbonyl (C=O) groups excluding carboxylic acids is 3. The zero-order chi connectivity index (χ0) is 34.1. The molecule has 0 saturated carbocycles. The summed E-state index contributed by atoms with van der Waals surface area (Å²) in [6.07, 6.45) is -1.59. The highest BCUT2D eigenvalue weighted by atomic mass is 16.7. The molecule has 0 N–H and O–H groups in total. The minimum atomic E-state index is -1.07. The fourth-order valence-electron chi connectivity index (χ4n) is 6.48. The number of pyridine rings is 2. The van der Waals surface area contributed by atoms with Gasteiger partial charge in [-0.25, -0.2) is 9.78 Å². The highest BCUT2D eigenvalue weighted by Gasteiger charge is 2.31. The van der Waals surface area contributed by atoms with Crippen molar-refractivity contribution in [2.75, 3.05) is 0 Å². The normalized spacial score (nSPS) is 13.3. The molecule has 2 aliphatic rings. The van der Waals surface area contributed by atoms with Gasteiger partial charge in [0.1, 0.15) is 18.4 Å². The molecule has 0 saturated heterocycles. The van der Waals surface area contributed by atoms with Crippen molar-refractivity contribution in [3.8, 4) is 22.5 Å². The van der Waals surface area contributed by atoms with E-state index in [4.69, 9.17) is 23.9 Å². The molecule has 1 aliphatic heterocycles. The van der Waals surface area contributed by atoms with Crippen LogP contribution in [0, 0.1) is 0 Å². The highest BCUT2D eigenvalue weighted by molar-refractivity contribution is 6.48. The Morgan fingerprint density at radius 3 is 2.37 bits per heavy atom. The monoisotopic (exact) mass is 655 g/mol. The molecule has 3 aromatic carbocycles. The van der Waals surface area contributed by atoms with Crippen LogP contribution >= 0.6 is 0 Å². The second-order valence-electron chi connectivity index (χ2n) is 11.8. The maximum atomic E-state index is 13.9. The summed E-state index contributed by atoms with van der Waals surface area (Å²) in [6.45, 7) is 4.02. The maximum absolute atomic E-state index is 13.9. The second-order valence-corrected chi connectivity index (χ2v) is 11.8. The van der Waals surface area contributed by atoms with Crippen molar-refractivity contribution in [2.45, 2.75) is 45.6 Å². The Morgan fingerprint density at radius 1 is 0.980 bits per heavy atom. The number of hydrogen-bond acceptors (Lipinski definition) is 10. The molecule has 2 aromatic heterocycles. The predicted molar refractivity (Wildman–Crippen MR) is 183 cm³/mol. The molecule has 1 unspecified atom stereocenters. The minimum absolute atomic E-state index is 0.135. The molecule has 244 valence electrons. The lowest BCUT2D eigenvalue weighted by Crippen LogP contribution is -2.29. The van der Waals surface area contributed by atoms with E-state index < -0.39 is 18.2 Å². The average Bonchev–Trinajstić information content (AvgIpc) is 3.65. The molecule has 1 aliphatic carbocycles. The second kappa shape index (κ2) is 13.2. The summed E-state index contributed by atoms with van der Waals surface area (Å²) in [5, 5.41) is 5.23. The quantitative estimate of drug-likeness (QED) is 0.0628. The summed E-state index contributed by atoms with van der Waals surface area (Å²) in [5.74, 6) is -0.669. The van der Waals surface area contributed by atoms with Crippen LogP contribution in [-0.4, -0.2) is 47.8 Å². The van der Waals surface area contributed by atoms with E-state index in [1.54, 1.807) is 17.6 Å². The Morgan fingerprint density at radius 2 is 1.69 bits per heavy atom. The number of rotatable bonds is 12. The first-order chi connectivity index (χ1) is 23.9. The first-order valence-corrected chi connectivity index (χ1v) is 15.8. The number of aromatic nitrogens is 2. The zero-order valence-corrected chi connectivity index (χ0v) is 26.8. The van der Waals surface area contributed by atoms with E-state index in [1.165, 1.54) is 0 Å². The molecule has 0 radical (unpaired) electrons. The number of oxime groups is 1. The van der Waals surface area contributed by atoms with Crippen molar-refractivity contribution in [1.82, 2.24) is 9.55 Å². The third-order valence-electron chi connectivity index (χ3n) is 8.84. The van der Waals surface area contributed by atoms with Crippen molar-refractivity contribution in [3.05, 3.63) is 117 Å². The summed E-state index contributed by atoms with van der Waals surface area (Å²) in [4.78, 5) is 59.8. The molecule has 0 amide bonds. The van der Waals surface area contributed by atoms with E-state index in [0.717, 1.165) is 38.7 Å². The first-order valence-electron chi connectivity index (χ1n) is 15.8. The maximum Gasteiger partial charge on any atom is 0.377 e. The third kappa shape index (κ3) is 5.75. The van der Waals surface area contributed by atoms with Gasteiger partial charge in [0.2, 0.25) is 6.10 Å². The lowest BCUT2D eigenvalue weighted by Gasteiger charge is -2.22. The molecule has 3 heterocycles. The van der Waals surface area contributed by atoms with E-state index in [0.29, 0.717) is 41.1 Å². The van der Waals surface area contributed by atoms with Crippen molar-refractivity contribution in [3.63, 3.8) is 0 Å². The summed E-state index contributed by atoms with van der Waals surface area (Å²) in [5.41, 5.74) is 8.26. The van der Waals surface area contributed by atoms with Crippen molar-refractivity contribution in [1.29, 1.82) is 0 Å². The Balaban J connectivity index is 1.18. The molecule has 0 bridgehead atoms. The SMILES string of the molecule is CC[C@H](OC(=O)C(C)ON=C1c2ccccc2-c2ccccc21)c1cc2n(c(=O)c1COC=O)Cc1cc3cc(BOC=O)ccc3nc1-2. The van der Waals surface area contributed by atoms with Gasteiger partial charge in [-0.2, -0.15) is 0 Å². The molecular weight excluding hydrogens is 625 g/mol. The van der Waals surface area contributed by atoms with Gasteiger partial charge in [0, 0.05) is 27.6 Å². The minimum Gasteiger partial charge on any atom is -0.537 e. The summed E-state index contributed by atoms with van der Waals surface area (Å²) in [6, 6.07) is 25.0. The number of benzene rings is 3. The van der Waals surface area contributed by atoms with E-state index in [2.05, 4.69) is 5.16 Å². The fraction of sp³-hybridized carbons (Fsp3) is 0.189. The zero-order valence-electron chi connectivity index (χ0n) is 26.8. The van der Waals surface area contributed by atoms with Crippen LogP contribution in [-0.2, 0) is 46.5 Å². The summed E-state index contributed by atoms with van der Waals surface area (Å²) < 4.78 is 17.5. The number of carbonyl (C=O) groups is 3. The van der Waals surface area contributed by atoms with E-state index in [1.807, 2.05) is 79.7 Å². The number of nitrogens with zero attached hydrogens (tertiary/aromatic N) is 3. The summed E-state index contributed by atoms with van der Waals surface area (Å²) >= 11 is 0. The average molecular weight is 655 g/mol. The van der Waals surface area contributed by atoms with Gasteiger partial charge in [-0.3, -0.25) is 14.4 Å². The van der Waals surface area contributed by atoms with Gasteiger partial charge in [0.25, 0.3) is 18.5 Å². The topological polar surface area (TPSA) is 135 Å². The molecule has 7 rings (SSSR count). The van der Waals surface area contributed by atoms with E-state index in [9.17, 15) is 19.2 Å². The van der Waals surface area contributed by atoms with Gasteiger partial charge in [0.15, 0.2) is 0 Å². The van der Waals surface area contributed by atoms with Crippen LogP contribution in [0.3, 0.4) is 0 Å². The number of ether oxygens (including phenoxy) is 2. The molecule has 49 heavy (non-hydrogen) atoms. The molecule has 12 heteroatoms. The Kier molecular flexibility index (Phi) is 8.52. The number of fused-ring (bicyclic) bond motifs is 7. The Bertz CT molecular complexity index is 2180. The van der Waals surface area contributed by atoms with Crippen LogP contribution in [0.15, 0.2) is 88.8 Å². The Labute approximate surface area is 281 Å². The van der Waals surface area contributed by atoms with Crippen molar-refractivity contribution < 1.29 is 33.3 Å². The molecule has 11 nitrogen and oxygen atoms in total. The van der Waals surface area contributed by atoms with Gasteiger partial charge in [0.05, 0.1) is 29.0 Å². The first kappa shape index (κ1) is 31.6. The van der Waals surface area contributed by atoms with Gasteiger partial charge in [-0.05, 0) is 48.1 Å². The standard InChI is InChI=1S/C37H30BN3O8/c1-3-33(48-37(45)21(2)49-40-35-27-10-6-4-8-25(27)26-9-5-7-11-28(26)35)29-16-32-34-23(17-41(32)36(44)30(29)18-46-19-42)14-22-15-24(38-47-20-43)12-13-31(22)39-34/h4-16,19-21,33,38H,3,17-18H2,1-2H3/t21?,33-/m0/s1. The Hall–Kier alpha value is -6.04. The van der Waals surface area contributed by atoms with Gasteiger partial charge in [-0.1, -0.05) is 72.7 Å². The van der Waals surface area contributed by atoms with Gasteiger partial charge in [-0.15, -0.1) is 0 Å².